The van der Waals surface area contributed by atoms with Crippen LogP contribution in [0.4, 0.5) is 4.39 Å². The van der Waals surface area contributed by atoms with Gasteiger partial charge >= 0.3 is 0 Å². The molecule has 0 radical (unpaired) electrons. The first-order chi connectivity index (χ1) is 15.9. The summed E-state index contributed by atoms with van der Waals surface area (Å²) in [5, 5.41) is 0.963. The Morgan fingerprint density at radius 3 is 2.45 bits per heavy atom. The average Bonchev–Trinajstić information content (AvgIpc) is 2.82. The van der Waals surface area contributed by atoms with Gasteiger partial charge in [0.05, 0.1) is 22.6 Å². The van der Waals surface area contributed by atoms with Gasteiger partial charge in [-0.25, -0.2) is 9.37 Å². The van der Waals surface area contributed by atoms with E-state index in [1.165, 1.54) is 28.8 Å². The zero-order valence-corrected chi connectivity index (χ0v) is 19.1. The highest BCUT2D eigenvalue weighted by Gasteiger charge is 2.28. The van der Waals surface area contributed by atoms with Crippen molar-refractivity contribution in [3.63, 3.8) is 0 Å². The Bertz CT molecular complexity index is 1370. The van der Waals surface area contributed by atoms with Crippen LogP contribution in [0.5, 0.6) is 0 Å². The van der Waals surface area contributed by atoms with Gasteiger partial charge in [0.15, 0.2) is 0 Å². The molecule has 1 amide bonds. The molecule has 0 saturated carbocycles. The van der Waals surface area contributed by atoms with Crippen LogP contribution in [0.15, 0.2) is 77.6 Å². The van der Waals surface area contributed by atoms with Crippen molar-refractivity contribution in [1.82, 2.24) is 14.5 Å². The first kappa shape index (κ1) is 22.7. The average molecular weight is 464 g/mol. The third kappa shape index (κ3) is 4.39. The summed E-state index contributed by atoms with van der Waals surface area (Å²) in [4.78, 5) is 33.5. The number of benzene rings is 3. The molecule has 1 unspecified atom stereocenters. The van der Waals surface area contributed by atoms with Crippen LogP contribution >= 0.6 is 11.6 Å². The van der Waals surface area contributed by atoms with Gasteiger partial charge in [0.25, 0.3) is 11.5 Å². The fourth-order valence-electron chi connectivity index (χ4n) is 4.04. The van der Waals surface area contributed by atoms with Crippen LogP contribution < -0.4 is 5.56 Å². The van der Waals surface area contributed by atoms with Gasteiger partial charge in [0.2, 0.25) is 0 Å². The highest BCUT2D eigenvalue weighted by atomic mass is 35.5. The number of para-hydroxylation sites is 1. The van der Waals surface area contributed by atoms with Crippen molar-refractivity contribution in [3.8, 4) is 5.69 Å². The van der Waals surface area contributed by atoms with Crippen LogP contribution in [0, 0.1) is 5.82 Å². The van der Waals surface area contributed by atoms with E-state index in [0.29, 0.717) is 46.0 Å². The zero-order chi connectivity index (χ0) is 23.5. The van der Waals surface area contributed by atoms with E-state index >= 15 is 0 Å². The number of amides is 1. The first-order valence-corrected chi connectivity index (χ1v) is 11.2. The molecule has 4 aromatic rings. The number of carbonyl (C=O) groups excluding carboxylic acids is 1. The van der Waals surface area contributed by atoms with E-state index in [1.54, 1.807) is 47.4 Å². The number of rotatable bonds is 6. The maximum atomic E-state index is 13.6. The van der Waals surface area contributed by atoms with E-state index in [1.807, 2.05) is 19.9 Å². The highest BCUT2D eigenvalue weighted by molar-refractivity contribution is 6.30. The third-order valence-corrected chi connectivity index (χ3v) is 5.86. The molecule has 1 heterocycles. The quantitative estimate of drug-likeness (QED) is 0.363. The molecule has 1 aromatic heterocycles. The van der Waals surface area contributed by atoms with E-state index in [4.69, 9.17) is 16.6 Å². The van der Waals surface area contributed by atoms with Gasteiger partial charge in [-0.15, -0.1) is 0 Å². The molecule has 3 aromatic carbocycles. The maximum absolute atomic E-state index is 13.6. The van der Waals surface area contributed by atoms with Crippen LogP contribution in [0.25, 0.3) is 16.6 Å². The Balaban J connectivity index is 1.93. The van der Waals surface area contributed by atoms with Crippen LogP contribution in [0.2, 0.25) is 5.02 Å². The summed E-state index contributed by atoms with van der Waals surface area (Å²) in [7, 11) is 0. The fraction of sp³-hybridized carbons (Fsp3) is 0.192. The van der Waals surface area contributed by atoms with Crippen molar-refractivity contribution in [2.45, 2.75) is 26.3 Å². The molecule has 0 N–H and O–H groups in total. The second kappa shape index (κ2) is 9.55. The van der Waals surface area contributed by atoms with Gasteiger partial charge in [-0.1, -0.05) is 36.7 Å². The van der Waals surface area contributed by atoms with Crippen molar-refractivity contribution in [1.29, 1.82) is 0 Å². The topological polar surface area (TPSA) is 55.2 Å². The van der Waals surface area contributed by atoms with E-state index < -0.39 is 11.9 Å². The molecule has 4 rings (SSSR count). The van der Waals surface area contributed by atoms with E-state index in [-0.39, 0.29) is 11.5 Å². The molecule has 0 fully saturated rings. The summed E-state index contributed by atoms with van der Waals surface area (Å²) in [5.74, 6) is -0.224. The van der Waals surface area contributed by atoms with Crippen molar-refractivity contribution >= 4 is 28.4 Å². The lowest BCUT2D eigenvalue weighted by atomic mass is 10.1. The predicted octanol–water partition coefficient (Wildman–Crippen LogP) is 5.79. The number of hydrogen-bond donors (Lipinski definition) is 0. The number of nitrogens with zero attached hydrogens (tertiary/aromatic N) is 3. The summed E-state index contributed by atoms with van der Waals surface area (Å²) in [6, 6.07) is 19.1. The Labute approximate surface area is 196 Å². The molecule has 7 heteroatoms. The zero-order valence-electron chi connectivity index (χ0n) is 18.3. The number of carbonyl (C=O) groups is 1. The van der Waals surface area contributed by atoms with Crippen LogP contribution in [-0.4, -0.2) is 26.9 Å². The molecule has 0 aliphatic carbocycles. The largest absolute Gasteiger partial charge is 0.329 e. The summed E-state index contributed by atoms with van der Waals surface area (Å²) >= 11 is 6.23. The van der Waals surface area contributed by atoms with Crippen LogP contribution in [0.1, 0.15) is 42.5 Å². The maximum Gasteiger partial charge on any atom is 0.266 e. The minimum Gasteiger partial charge on any atom is -0.329 e. The van der Waals surface area contributed by atoms with Gasteiger partial charge in [0, 0.05) is 17.1 Å². The minimum absolute atomic E-state index is 0.235. The summed E-state index contributed by atoms with van der Waals surface area (Å²) < 4.78 is 14.9. The summed E-state index contributed by atoms with van der Waals surface area (Å²) in [6.45, 7) is 4.19. The van der Waals surface area contributed by atoms with E-state index in [0.717, 1.165) is 0 Å². The molecule has 0 saturated heterocycles. The lowest BCUT2D eigenvalue weighted by Crippen LogP contribution is -2.38. The number of hydrogen-bond acceptors (Lipinski definition) is 3. The molecule has 0 aliphatic rings. The highest BCUT2D eigenvalue weighted by Crippen LogP contribution is 2.28. The normalized spacial score (nSPS) is 12.0. The molecule has 0 spiro atoms. The molecule has 0 bridgehead atoms. The number of halogens is 2. The molecular formula is C26H23ClFN3O2. The number of aromatic nitrogens is 2. The Hall–Kier alpha value is -3.51. The Morgan fingerprint density at radius 1 is 1.06 bits per heavy atom. The second-order valence-electron chi connectivity index (χ2n) is 7.63. The van der Waals surface area contributed by atoms with Crippen molar-refractivity contribution in [2.75, 3.05) is 6.54 Å². The van der Waals surface area contributed by atoms with Gasteiger partial charge in [-0.3, -0.25) is 14.2 Å². The molecule has 5 nitrogen and oxygen atoms in total. The molecular weight excluding hydrogens is 441 g/mol. The molecule has 33 heavy (non-hydrogen) atoms. The standard InChI is InChI=1S/C26H23ClFN3O2/c1-3-23(30(4-2)25(32)17-12-14-19(28)15-13-17)24-29-22-11-6-5-10-21(22)26(33)31(24)20-9-7-8-18(27)16-20/h5-16,23H,3-4H2,1-2H3. The summed E-state index contributed by atoms with van der Waals surface area (Å²) in [6.07, 6.45) is 0.520. The van der Waals surface area contributed by atoms with Crippen molar-refractivity contribution in [2.24, 2.45) is 0 Å². The second-order valence-corrected chi connectivity index (χ2v) is 8.07. The molecule has 0 aliphatic heterocycles. The van der Waals surface area contributed by atoms with Crippen LogP contribution in [-0.2, 0) is 0 Å². The summed E-state index contributed by atoms with van der Waals surface area (Å²) in [5.41, 5.74) is 1.26. The fourth-order valence-corrected chi connectivity index (χ4v) is 4.23. The van der Waals surface area contributed by atoms with Gasteiger partial charge < -0.3 is 4.90 Å². The first-order valence-electron chi connectivity index (χ1n) is 10.8. The minimum atomic E-state index is -0.496. The monoisotopic (exact) mass is 463 g/mol. The SMILES string of the molecule is CCC(c1nc2ccccc2c(=O)n1-c1cccc(Cl)c1)N(CC)C(=O)c1ccc(F)cc1. The van der Waals surface area contributed by atoms with Crippen molar-refractivity contribution in [3.05, 3.63) is 105 Å². The molecule has 1 atom stereocenters. The Kier molecular flexibility index (Phi) is 6.56. The predicted molar refractivity (Wildman–Crippen MR) is 128 cm³/mol. The van der Waals surface area contributed by atoms with Gasteiger partial charge in [-0.2, -0.15) is 0 Å². The molecule has 168 valence electrons. The lowest BCUT2D eigenvalue weighted by molar-refractivity contribution is 0.0672. The lowest BCUT2D eigenvalue weighted by Gasteiger charge is -2.31. The Morgan fingerprint density at radius 2 is 1.79 bits per heavy atom. The van der Waals surface area contributed by atoms with E-state index in [2.05, 4.69) is 0 Å². The van der Waals surface area contributed by atoms with E-state index in [9.17, 15) is 14.0 Å². The van der Waals surface area contributed by atoms with Crippen molar-refractivity contribution < 1.29 is 9.18 Å². The van der Waals surface area contributed by atoms with Gasteiger partial charge in [-0.05, 0) is 67.9 Å². The third-order valence-electron chi connectivity index (χ3n) is 5.62. The van der Waals surface area contributed by atoms with Gasteiger partial charge in [0.1, 0.15) is 11.6 Å². The number of fused-ring (bicyclic) bond motifs is 1. The smallest absolute Gasteiger partial charge is 0.266 e. The van der Waals surface area contributed by atoms with Crippen LogP contribution in [0.3, 0.4) is 0 Å².